The first kappa shape index (κ1) is 12.3. The summed E-state index contributed by atoms with van der Waals surface area (Å²) in [6, 6.07) is 7.11. The molecule has 0 spiro atoms. The van der Waals surface area contributed by atoms with Gasteiger partial charge in [-0.3, -0.25) is 0 Å². The van der Waals surface area contributed by atoms with Crippen LogP contribution >= 0.6 is 0 Å². The van der Waals surface area contributed by atoms with E-state index in [2.05, 4.69) is 10.1 Å². The fourth-order valence-electron chi connectivity index (χ4n) is 1.89. The lowest BCUT2D eigenvalue weighted by molar-refractivity contribution is 0.414. The highest BCUT2D eigenvalue weighted by atomic mass is 16.5. The summed E-state index contributed by atoms with van der Waals surface area (Å²) >= 11 is 0. The molecular weight excluding hydrogens is 258 g/mol. The predicted molar refractivity (Wildman–Crippen MR) is 73.1 cm³/mol. The topological polar surface area (TPSA) is 87.3 Å². The first-order chi connectivity index (χ1) is 9.69. The Bertz CT molecular complexity index is 746. The maximum atomic E-state index is 5.96. The number of hydrogen-bond acceptors (Lipinski definition) is 6. The van der Waals surface area contributed by atoms with Crippen molar-refractivity contribution in [1.82, 2.24) is 10.1 Å². The number of hydrogen-bond donors (Lipinski definition) is 1. The summed E-state index contributed by atoms with van der Waals surface area (Å²) in [7, 11) is 1.58. The van der Waals surface area contributed by atoms with Gasteiger partial charge in [-0.25, -0.2) is 0 Å². The third-order valence-corrected chi connectivity index (χ3v) is 2.98. The monoisotopic (exact) mass is 271 g/mol. The van der Waals surface area contributed by atoms with Gasteiger partial charge in [-0.1, -0.05) is 5.16 Å². The minimum absolute atomic E-state index is 0.343. The van der Waals surface area contributed by atoms with Crippen LogP contribution in [-0.2, 0) is 0 Å². The Morgan fingerprint density at radius 1 is 1.25 bits per heavy atom. The number of nitrogen functional groups attached to an aromatic ring is 1. The zero-order chi connectivity index (χ0) is 14.1. The number of rotatable bonds is 3. The van der Waals surface area contributed by atoms with Crippen LogP contribution in [0.5, 0.6) is 5.75 Å². The highest BCUT2D eigenvalue weighted by Crippen LogP contribution is 2.30. The summed E-state index contributed by atoms with van der Waals surface area (Å²) in [6.07, 6.45) is 1.59. The SMILES string of the molecule is COc1ccc(-c2nc(-c3occc3C)no2)c(N)c1. The number of nitrogens with zero attached hydrogens (tertiary/aromatic N) is 2. The Morgan fingerprint density at radius 3 is 2.75 bits per heavy atom. The van der Waals surface area contributed by atoms with Crippen LogP contribution in [0.2, 0.25) is 0 Å². The van der Waals surface area contributed by atoms with Crippen LogP contribution in [0.1, 0.15) is 5.56 Å². The van der Waals surface area contributed by atoms with E-state index in [1.165, 1.54) is 0 Å². The van der Waals surface area contributed by atoms with E-state index in [9.17, 15) is 0 Å². The van der Waals surface area contributed by atoms with Gasteiger partial charge in [0.25, 0.3) is 5.89 Å². The second-order valence-electron chi connectivity index (χ2n) is 4.31. The molecule has 0 fully saturated rings. The average Bonchev–Trinajstić information content (AvgIpc) is 3.07. The summed E-state index contributed by atoms with van der Waals surface area (Å²) in [5, 5.41) is 3.91. The third kappa shape index (κ3) is 2.01. The summed E-state index contributed by atoms with van der Waals surface area (Å²) in [5.41, 5.74) is 8.07. The molecule has 0 saturated heterocycles. The fourth-order valence-corrected chi connectivity index (χ4v) is 1.89. The maximum Gasteiger partial charge on any atom is 0.260 e. The lowest BCUT2D eigenvalue weighted by Crippen LogP contribution is -1.92. The molecule has 0 aliphatic carbocycles. The van der Waals surface area contributed by atoms with Gasteiger partial charge >= 0.3 is 0 Å². The largest absolute Gasteiger partial charge is 0.497 e. The predicted octanol–water partition coefficient (Wildman–Crippen LogP) is 2.90. The summed E-state index contributed by atoms with van der Waals surface area (Å²) < 4.78 is 15.7. The first-order valence-electron chi connectivity index (χ1n) is 6.01. The highest BCUT2D eigenvalue weighted by molar-refractivity contribution is 5.72. The molecule has 6 nitrogen and oxygen atoms in total. The van der Waals surface area contributed by atoms with Crippen LogP contribution in [0, 0.1) is 6.92 Å². The number of methoxy groups -OCH3 is 1. The van der Waals surface area contributed by atoms with Crippen LogP contribution < -0.4 is 10.5 Å². The van der Waals surface area contributed by atoms with Crippen molar-refractivity contribution in [3.8, 4) is 28.8 Å². The Hall–Kier alpha value is -2.76. The molecule has 6 heteroatoms. The zero-order valence-corrected chi connectivity index (χ0v) is 11.1. The van der Waals surface area contributed by atoms with Gasteiger partial charge in [-0.2, -0.15) is 4.98 Å². The van der Waals surface area contributed by atoms with Crippen molar-refractivity contribution in [3.63, 3.8) is 0 Å². The van der Waals surface area contributed by atoms with E-state index < -0.39 is 0 Å². The van der Waals surface area contributed by atoms with Gasteiger partial charge in [-0.05, 0) is 30.7 Å². The highest BCUT2D eigenvalue weighted by Gasteiger charge is 2.16. The second kappa shape index (κ2) is 4.73. The number of anilines is 1. The van der Waals surface area contributed by atoms with Crippen molar-refractivity contribution in [1.29, 1.82) is 0 Å². The van der Waals surface area contributed by atoms with E-state index in [4.69, 9.17) is 19.4 Å². The molecule has 102 valence electrons. The molecule has 2 aromatic heterocycles. The summed E-state index contributed by atoms with van der Waals surface area (Å²) in [5.74, 6) is 2.01. The zero-order valence-electron chi connectivity index (χ0n) is 11.1. The number of aromatic nitrogens is 2. The van der Waals surface area contributed by atoms with E-state index >= 15 is 0 Å². The molecule has 0 radical (unpaired) electrons. The van der Waals surface area contributed by atoms with E-state index in [0.717, 1.165) is 5.56 Å². The van der Waals surface area contributed by atoms with Crippen LogP contribution in [0.3, 0.4) is 0 Å². The number of aryl methyl sites for hydroxylation is 1. The molecule has 3 rings (SSSR count). The third-order valence-electron chi connectivity index (χ3n) is 2.98. The number of nitrogens with two attached hydrogens (primary N) is 1. The lowest BCUT2D eigenvalue weighted by atomic mass is 10.1. The van der Waals surface area contributed by atoms with Crippen molar-refractivity contribution in [2.24, 2.45) is 0 Å². The molecule has 1 aromatic carbocycles. The van der Waals surface area contributed by atoms with E-state index in [0.29, 0.717) is 34.5 Å². The number of benzene rings is 1. The number of furan rings is 1. The average molecular weight is 271 g/mol. The molecular formula is C14H13N3O3. The normalized spacial score (nSPS) is 10.7. The van der Waals surface area contributed by atoms with Crippen molar-refractivity contribution in [2.75, 3.05) is 12.8 Å². The van der Waals surface area contributed by atoms with Gasteiger partial charge in [0.05, 0.1) is 18.9 Å². The first-order valence-corrected chi connectivity index (χ1v) is 6.01. The minimum atomic E-state index is 0.343. The van der Waals surface area contributed by atoms with E-state index in [-0.39, 0.29) is 0 Å². The Kier molecular flexibility index (Phi) is 2.90. The quantitative estimate of drug-likeness (QED) is 0.737. The van der Waals surface area contributed by atoms with Crippen molar-refractivity contribution < 1.29 is 13.7 Å². The van der Waals surface area contributed by atoms with Crippen molar-refractivity contribution >= 4 is 5.69 Å². The van der Waals surface area contributed by atoms with Gasteiger partial charge < -0.3 is 19.4 Å². The van der Waals surface area contributed by atoms with Gasteiger partial charge in [0.15, 0.2) is 5.76 Å². The maximum absolute atomic E-state index is 5.96. The molecule has 2 N–H and O–H groups in total. The van der Waals surface area contributed by atoms with Crippen LogP contribution in [0.4, 0.5) is 5.69 Å². The van der Waals surface area contributed by atoms with Crippen LogP contribution in [0.15, 0.2) is 39.5 Å². The van der Waals surface area contributed by atoms with Crippen molar-refractivity contribution in [2.45, 2.75) is 6.92 Å². The standard InChI is InChI=1S/C14H13N3O3/c1-8-5-6-19-12(8)13-16-14(20-17-13)10-4-3-9(18-2)7-11(10)15/h3-7H,15H2,1-2H3. The molecule has 0 amide bonds. The van der Waals surface area contributed by atoms with E-state index in [1.54, 1.807) is 31.6 Å². The molecule has 3 aromatic rings. The van der Waals surface area contributed by atoms with Gasteiger partial charge in [0.1, 0.15) is 5.75 Å². The van der Waals surface area contributed by atoms with Crippen LogP contribution in [-0.4, -0.2) is 17.3 Å². The Morgan fingerprint density at radius 2 is 2.10 bits per heavy atom. The Balaban J connectivity index is 2.00. The molecule has 0 aliphatic heterocycles. The number of ether oxygens (including phenoxy) is 1. The Labute approximate surface area is 115 Å². The second-order valence-corrected chi connectivity index (χ2v) is 4.31. The molecule has 0 unspecified atom stereocenters. The molecule has 0 aliphatic rings. The van der Waals surface area contributed by atoms with Crippen LogP contribution in [0.25, 0.3) is 23.0 Å². The van der Waals surface area contributed by atoms with Crippen molar-refractivity contribution in [3.05, 3.63) is 36.1 Å². The van der Waals surface area contributed by atoms with Gasteiger partial charge in [0, 0.05) is 11.8 Å². The smallest absolute Gasteiger partial charge is 0.260 e. The van der Waals surface area contributed by atoms with Gasteiger partial charge in [-0.15, -0.1) is 0 Å². The molecule has 0 atom stereocenters. The fraction of sp³-hybridized carbons (Fsp3) is 0.143. The minimum Gasteiger partial charge on any atom is -0.497 e. The van der Waals surface area contributed by atoms with E-state index in [1.807, 2.05) is 13.0 Å². The van der Waals surface area contributed by atoms with Gasteiger partial charge in [0.2, 0.25) is 5.82 Å². The molecule has 20 heavy (non-hydrogen) atoms. The lowest BCUT2D eigenvalue weighted by Gasteiger charge is -2.03. The summed E-state index contributed by atoms with van der Waals surface area (Å²) in [6.45, 7) is 1.91. The molecule has 0 bridgehead atoms. The molecule has 2 heterocycles. The summed E-state index contributed by atoms with van der Waals surface area (Å²) in [4.78, 5) is 4.31. The molecule has 0 saturated carbocycles.